The Morgan fingerprint density at radius 1 is 1.30 bits per heavy atom. The molecule has 2 aliphatic rings. The Labute approximate surface area is 124 Å². The third-order valence-electron chi connectivity index (χ3n) is 4.38. The Morgan fingerprint density at radius 2 is 2.05 bits per heavy atom. The summed E-state index contributed by atoms with van der Waals surface area (Å²) in [4.78, 5) is 20.7. The van der Waals surface area contributed by atoms with Gasteiger partial charge in [-0.25, -0.2) is 9.97 Å². The predicted octanol–water partition coefficient (Wildman–Crippen LogP) is 2.49. The van der Waals surface area contributed by atoms with Crippen LogP contribution in [0.1, 0.15) is 37.1 Å². The van der Waals surface area contributed by atoms with Gasteiger partial charge in [0.2, 0.25) is 5.91 Å². The second-order valence-electron chi connectivity index (χ2n) is 6.07. The molecule has 2 fully saturated rings. The van der Waals surface area contributed by atoms with Crippen LogP contribution in [0.25, 0.3) is 0 Å². The van der Waals surface area contributed by atoms with Crippen molar-refractivity contribution in [2.75, 3.05) is 5.75 Å². The van der Waals surface area contributed by atoms with Gasteiger partial charge in [0, 0.05) is 17.4 Å². The van der Waals surface area contributed by atoms with Crippen molar-refractivity contribution in [1.82, 2.24) is 15.3 Å². The Bertz CT molecular complexity index is 500. The van der Waals surface area contributed by atoms with Crippen molar-refractivity contribution < 1.29 is 4.79 Å². The van der Waals surface area contributed by atoms with Crippen LogP contribution in [0.4, 0.5) is 0 Å². The minimum absolute atomic E-state index is 0.121. The highest BCUT2D eigenvalue weighted by Crippen LogP contribution is 2.44. The summed E-state index contributed by atoms with van der Waals surface area (Å²) in [5.41, 5.74) is 1.90. The Hall–Kier alpha value is -1.10. The molecule has 0 unspecified atom stereocenters. The normalized spacial score (nSPS) is 27.8. The van der Waals surface area contributed by atoms with Crippen LogP contribution in [-0.4, -0.2) is 27.7 Å². The number of amides is 1. The zero-order valence-electron chi connectivity index (χ0n) is 12.1. The molecule has 2 aliphatic carbocycles. The van der Waals surface area contributed by atoms with E-state index < -0.39 is 0 Å². The number of nitrogens with one attached hydrogen (secondary N) is 1. The first-order valence-corrected chi connectivity index (χ1v) is 8.33. The molecule has 0 spiro atoms. The summed E-state index contributed by atoms with van der Waals surface area (Å²) in [6.07, 6.45) is 5.16. The van der Waals surface area contributed by atoms with Gasteiger partial charge in [0.05, 0.1) is 5.75 Å². The molecule has 0 aromatic carbocycles. The van der Waals surface area contributed by atoms with Gasteiger partial charge in [-0.05, 0) is 51.0 Å². The lowest BCUT2D eigenvalue weighted by molar-refractivity contribution is -0.119. The zero-order valence-corrected chi connectivity index (χ0v) is 12.9. The number of nitrogens with zero attached hydrogens (tertiary/aromatic N) is 2. The summed E-state index contributed by atoms with van der Waals surface area (Å²) >= 11 is 1.43. The highest BCUT2D eigenvalue weighted by molar-refractivity contribution is 7.99. The van der Waals surface area contributed by atoms with Crippen LogP contribution < -0.4 is 5.32 Å². The average molecular weight is 291 g/mol. The fraction of sp³-hybridized carbons (Fsp3) is 0.667. The molecule has 1 N–H and O–H groups in total. The van der Waals surface area contributed by atoms with E-state index in [1.807, 2.05) is 19.9 Å². The van der Waals surface area contributed by atoms with E-state index in [0.717, 1.165) is 23.2 Å². The molecule has 1 amide bonds. The largest absolute Gasteiger partial charge is 0.352 e. The minimum Gasteiger partial charge on any atom is -0.352 e. The van der Waals surface area contributed by atoms with Gasteiger partial charge >= 0.3 is 0 Å². The molecule has 3 atom stereocenters. The number of carbonyl (C=O) groups excluding carboxylic acids is 1. The molecule has 2 saturated carbocycles. The number of hydrogen-bond acceptors (Lipinski definition) is 4. The molecule has 0 aliphatic heterocycles. The summed E-state index contributed by atoms with van der Waals surface area (Å²) in [6.45, 7) is 3.90. The highest BCUT2D eigenvalue weighted by atomic mass is 32.2. The third-order valence-corrected chi connectivity index (χ3v) is 5.23. The summed E-state index contributed by atoms with van der Waals surface area (Å²) in [6, 6.07) is 2.36. The molecule has 1 aromatic heterocycles. The monoisotopic (exact) mass is 291 g/mol. The number of rotatable bonds is 4. The van der Waals surface area contributed by atoms with Crippen LogP contribution >= 0.6 is 11.8 Å². The second-order valence-corrected chi connectivity index (χ2v) is 7.01. The van der Waals surface area contributed by atoms with Crippen LogP contribution in [-0.2, 0) is 4.79 Å². The lowest BCUT2D eigenvalue weighted by atomic mass is 9.95. The van der Waals surface area contributed by atoms with Gasteiger partial charge in [-0.3, -0.25) is 4.79 Å². The highest BCUT2D eigenvalue weighted by Gasteiger charge is 2.39. The van der Waals surface area contributed by atoms with E-state index in [9.17, 15) is 4.79 Å². The maximum atomic E-state index is 12.0. The van der Waals surface area contributed by atoms with Crippen LogP contribution in [0, 0.1) is 25.7 Å². The first-order valence-electron chi connectivity index (χ1n) is 7.34. The first-order chi connectivity index (χ1) is 9.60. The first kappa shape index (κ1) is 13.9. The van der Waals surface area contributed by atoms with E-state index in [-0.39, 0.29) is 5.91 Å². The number of aromatic nitrogens is 2. The predicted molar refractivity (Wildman–Crippen MR) is 79.6 cm³/mol. The van der Waals surface area contributed by atoms with E-state index in [1.54, 1.807) is 0 Å². The Morgan fingerprint density at radius 3 is 2.65 bits per heavy atom. The maximum Gasteiger partial charge on any atom is 0.230 e. The molecular formula is C15H21N3OS. The molecule has 0 radical (unpaired) electrons. The Balaban J connectivity index is 1.49. The molecule has 20 heavy (non-hydrogen) atoms. The minimum atomic E-state index is 0.121. The van der Waals surface area contributed by atoms with E-state index in [2.05, 4.69) is 15.3 Å². The van der Waals surface area contributed by atoms with Gasteiger partial charge < -0.3 is 5.32 Å². The van der Waals surface area contributed by atoms with E-state index in [4.69, 9.17) is 0 Å². The summed E-state index contributed by atoms with van der Waals surface area (Å²) in [5.74, 6) is 2.12. The van der Waals surface area contributed by atoms with Gasteiger partial charge in [-0.1, -0.05) is 18.2 Å². The maximum absolute atomic E-state index is 12.0. The molecule has 0 saturated heterocycles. The molecule has 4 nitrogen and oxygen atoms in total. The van der Waals surface area contributed by atoms with Crippen LogP contribution in [0.2, 0.25) is 0 Å². The van der Waals surface area contributed by atoms with Crippen molar-refractivity contribution in [1.29, 1.82) is 0 Å². The van der Waals surface area contributed by atoms with Crippen molar-refractivity contribution >= 4 is 17.7 Å². The lowest BCUT2D eigenvalue weighted by Gasteiger charge is -2.22. The number of fused-ring (bicyclic) bond motifs is 2. The van der Waals surface area contributed by atoms with E-state index in [1.165, 1.54) is 37.4 Å². The molecule has 1 aromatic rings. The second kappa shape index (κ2) is 5.72. The molecule has 108 valence electrons. The topological polar surface area (TPSA) is 54.9 Å². The van der Waals surface area contributed by atoms with Crippen molar-refractivity contribution in [2.24, 2.45) is 11.8 Å². The number of hydrogen-bond donors (Lipinski definition) is 1. The fourth-order valence-electron chi connectivity index (χ4n) is 3.56. The van der Waals surface area contributed by atoms with Crippen molar-refractivity contribution in [3.63, 3.8) is 0 Å². The lowest BCUT2D eigenvalue weighted by Crippen LogP contribution is -2.39. The SMILES string of the molecule is Cc1cc(C)nc(SCC(=O)N[C@@H]2C[C@H]3CC[C@H]2C3)n1. The standard InChI is InChI=1S/C15H21N3OS/c1-9-5-10(2)17-15(16-9)20-8-14(19)18-13-7-11-3-4-12(13)6-11/h5,11-13H,3-4,6-8H2,1-2H3,(H,18,19)/t11-,12-,13+/m0/s1. The summed E-state index contributed by atoms with van der Waals surface area (Å²) in [5, 5.41) is 3.89. The number of carbonyl (C=O) groups is 1. The van der Waals surface area contributed by atoms with E-state index in [0.29, 0.717) is 17.0 Å². The molecular weight excluding hydrogens is 270 g/mol. The van der Waals surface area contributed by atoms with Gasteiger partial charge in [-0.2, -0.15) is 0 Å². The number of aryl methyl sites for hydroxylation is 2. The van der Waals surface area contributed by atoms with Crippen LogP contribution in [0.15, 0.2) is 11.2 Å². The quantitative estimate of drug-likeness (QED) is 0.684. The van der Waals surface area contributed by atoms with Crippen molar-refractivity contribution in [3.05, 3.63) is 17.5 Å². The third kappa shape index (κ3) is 3.14. The fourth-order valence-corrected chi connectivity index (χ4v) is 4.32. The molecule has 2 bridgehead atoms. The van der Waals surface area contributed by atoms with Gasteiger partial charge in [0.1, 0.15) is 0 Å². The van der Waals surface area contributed by atoms with Crippen molar-refractivity contribution in [3.8, 4) is 0 Å². The zero-order chi connectivity index (χ0) is 14.1. The van der Waals surface area contributed by atoms with Gasteiger partial charge in [0.25, 0.3) is 0 Å². The van der Waals surface area contributed by atoms with E-state index >= 15 is 0 Å². The number of thioether (sulfide) groups is 1. The average Bonchev–Trinajstić information content (AvgIpc) is 2.97. The van der Waals surface area contributed by atoms with Crippen LogP contribution in [0.5, 0.6) is 0 Å². The molecule has 3 rings (SSSR count). The van der Waals surface area contributed by atoms with Gasteiger partial charge in [0.15, 0.2) is 5.16 Å². The smallest absolute Gasteiger partial charge is 0.230 e. The Kier molecular flexibility index (Phi) is 3.96. The van der Waals surface area contributed by atoms with Crippen molar-refractivity contribution in [2.45, 2.75) is 50.7 Å². The molecule has 5 heteroatoms. The summed E-state index contributed by atoms with van der Waals surface area (Å²) in [7, 11) is 0. The van der Waals surface area contributed by atoms with Gasteiger partial charge in [-0.15, -0.1) is 0 Å². The summed E-state index contributed by atoms with van der Waals surface area (Å²) < 4.78 is 0. The molecule has 1 heterocycles. The van der Waals surface area contributed by atoms with Crippen LogP contribution in [0.3, 0.4) is 0 Å².